The molecule has 2 aliphatic rings. The molecule has 0 spiro atoms. The quantitative estimate of drug-likeness (QED) is 0.449. The van der Waals surface area contributed by atoms with Crippen LogP contribution in [0.2, 0.25) is 0 Å². The number of hydrogen-bond acceptors (Lipinski definition) is 0. The smallest absolute Gasteiger partial charge is 0.0317 e. The van der Waals surface area contributed by atoms with E-state index in [1.807, 2.05) is 0 Å². The molecule has 0 amide bonds. The second-order valence-corrected chi connectivity index (χ2v) is 3.99. The molecule has 1 saturated carbocycles. The molecule has 0 aromatic rings. The van der Waals surface area contributed by atoms with Gasteiger partial charge in [-0.1, -0.05) is 26.0 Å². The Hall–Kier alpha value is -0.260. The minimum absolute atomic E-state index is 0.995. The minimum Gasteiger partial charge on any atom is -0.0882 e. The van der Waals surface area contributed by atoms with Crippen LogP contribution in [-0.4, -0.2) is 0 Å². The van der Waals surface area contributed by atoms with E-state index in [4.69, 9.17) is 0 Å². The molecule has 0 heteroatoms. The number of hydrogen-bond donors (Lipinski definition) is 0. The SMILES string of the molecule is CC1C(C)[C@@H]2CC=CC[C@@H]12. The average molecular weight is 136 g/mol. The van der Waals surface area contributed by atoms with Crippen molar-refractivity contribution in [1.29, 1.82) is 0 Å². The summed E-state index contributed by atoms with van der Waals surface area (Å²) in [6.07, 6.45) is 7.44. The molecule has 0 nitrogen and oxygen atoms in total. The zero-order valence-corrected chi connectivity index (χ0v) is 6.88. The van der Waals surface area contributed by atoms with E-state index in [1.165, 1.54) is 12.8 Å². The molecule has 1 fully saturated rings. The Balaban J connectivity index is 2.08. The van der Waals surface area contributed by atoms with E-state index in [-0.39, 0.29) is 0 Å². The predicted octanol–water partition coefficient (Wildman–Crippen LogP) is 2.85. The maximum Gasteiger partial charge on any atom is -0.0317 e. The molecule has 0 heterocycles. The van der Waals surface area contributed by atoms with Crippen LogP contribution in [0.3, 0.4) is 0 Å². The van der Waals surface area contributed by atoms with Crippen LogP contribution in [0.15, 0.2) is 12.2 Å². The zero-order chi connectivity index (χ0) is 7.14. The lowest BCUT2D eigenvalue weighted by molar-refractivity contribution is 0.00126. The first-order chi connectivity index (χ1) is 4.80. The van der Waals surface area contributed by atoms with Crippen LogP contribution in [-0.2, 0) is 0 Å². The topological polar surface area (TPSA) is 0 Å². The Morgan fingerprint density at radius 3 is 1.70 bits per heavy atom. The van der Waals surface area contributed by atoms with Gasteiger partial charge in [-0.15, -0.1) is 0 Å². The van der Waals surface area contributed by atoms with Crippen molar-refractivity contribution in [3.05, 3.63) is 12.2 Å². The molecule has 2 aliphatic carbocycles. The van der Waals surface area contributed by atoms with E-state index in [0.29, 0.717) is 0 Å². The fraction of sp³-hybridized carbons (Fsp3) is 0.800. The highest BCUT2D eigenvalue weighted by atomic mass is 14.5. The third-order valence-electron chi connectivity index (χ3n) is 3.71. The summed E-state index contributed by atoms with van der Waals surface area (Å²) in [7, 11) is 0. The molecule has 2 rings (SSSR count). The van der Waals surface area contributed by atoms with E-state index >= 15 is 0 Å². The molecule has 2 unspecified atom stereocenters. The fourth-order valence-corrected chi connectivity index (χ4v) is 2.70. The Morgan fingerprint density at radius 2 is 1.30 bits per heavy atom. The van der Waals surface area contributed by atoms with Gasteiger partial charge in [-0.2, -0.15) is 0 Å². The van der Waals surface area contributed by atoms with Crippen molar-refractivity contribution in [1.82, 2.24) is 0 Å². The monoisotopic (exact) mass is 136 g/mol. The third kappa shape index (κ3) is 0.680. The largest absolute Gasteiger partial charge is 0.0882 e. The highest BCUT2D eigenvalue weighted by Gasteiger charge is 2.43. The summed E-state index contributed by atoms with van der Waals surface area (Å²) in [5.41, 5.74) is 0. The Kier molecular flexibility index (Phi) is 1.36. The lowest BCUT2D eigenvalue weighted by Crippen LogP contribution is -2.44. The number of allylic oxidation sites excluding steroid dienone is 2. The Labute approximate surface area is 63.3 Å². The molecule has 0 saturated heterocycles. The van der Waals surface area contributed by atoms with Gasteiger partial charge in [-0.05, 0) is 36.5 Å². The molecule has 0 bridgehead atoms. The first-order valence-electron chi connectivity index (χ1n) is 4.45. The van der Waals surface area contributed by atoms with Crippen LogP contribution in [0.1, 0.15) is 26.7 Å². The average Bonchev–Trinajstić information content (AvgIpc) is 2.03. The van der Waals surface area contributed by atoms with Gasteiger partial charge in [0, 0.05) is 0 Å². The van der Waals surface area contributed by atoms with Crippen molar-refractivity contribution in [3.63, 3.8) is 0 Å². The summed E-state index contributed by atoms with van der Waals surface area (Å²) in [4.78, 5) is 0. The van der Waals surface area contributed by atoms with Gasteiger partial charge < -0.3 is 0 Å². The van der Waals surface area contributed by atoms with Crippen LogP contribution in [0.5, 0.6) is 0 Å². The van der Waals surface area contributed by atoms with Crippen molar-refractivity contribution in [2.24, 2.45) is 23.7 Å². The zero-order valence-electron chi connectivity index (χ0n) is 6.88. The molecular formula is C10H16. The lowest BCUT2D eigenvalue weighted by atomic mass is 9.54. The van der Waals surface area contributed by atoms with Crippen LogP contribution in [0.25, 0.3) is 0 Å². The summed E-state index contributed by atoms with van der Waals surface area (Å²) in [5, 5.41) is 0. The molecule has 10 heavy (non-hydrogen) atoms. The van der Waals surface area contributed by atoms with Gasteiger partial charge in [-0.25, -0.2) is 0 Å². The van der Waals surface area contributed by atoms with Crippen molar-refractivity contribution in [3.8, 4) is 0 Å². The Morgan fingerprint density at radius 1 is 0.900 bits per heavy atom. The molecule has 0 aromatic heterocycles. The van der Waals surface area contributed by atoms with Gasteiger partial charge in [0.1, 0.15) is 0 Å². The maximum absolute atomic E-state index is 2.41. The van der Waals surface area contributed by atoms with E-state index in [9.17, 15) is 0 Å². The van der Waals surface area contributed by atoms with Gasteiger partial charge in [0.15, 0.2) is 0 Å². The van der Waals surface area contributed by atoms with Crippen molar-refractivity contribution < 1.29 is 0 Å². The van der Waals surface area contributed by atoms with Gasteiger partial charge in [-0.3, -0.25) is 0 Å². The van der Waals surface area contributed by atoms with Gasteiger partial charge in [0.2, 0.25) is 0 Å². The van der Waals surface area contributed by atoms with Gasteiger partial charge in [0.25, 0.3) is 0 Å². The van der Waals surface area contributed by atoms with E-state index < -0.39 is 0 Å². The first kappa shape index (κ1) is 6.45. The predicted molar refractivity (Wildman–Crippen MR) is 43.7 cm³/mol. The molecule has 56 valence electrons. The normalized spacial score (nSPS) is 51.8. The first-order valence-corrected chi connectivity index (χ1v) is 4.45. The molecule has 4 atom stereocenters. The summed E-state index contributed by atoms with van der Waals surface area (Å²) < 4.78 is 0. The molecule has 0 aromatic carbocycles. The number of rotatable bonds is 0. The van der Waals surface area contributed by atoms with Crippen LogP contribution in [0, 0.1) is 23.7 Å². The summed E-state index contributed by atoms with van der Waals surface area (Å²) >= 11 is 0. The molecular weight excluding hydrogens is 120 g/mol. The van der Waals surface area contributed by atoms with Crippen LogP contribution < -0.4 is 0 Å². The van der Waals surface area contributed by atoms with Crippen molar-refractivity contribution >= 4 is 0 Å². The van der Waals surface area contributed by atoms with Gasteiger partial charge >= 0.3 is 0 Å². The van der Waals surface area contributed by atoms with E-state index in [2.05, 4.69) is 26.0 Å². The van der Waals surface area contributed by atoms with E-state index in [1.54, 1.807) is 0 Å². The molecule has 0 N–H and O–H groups in total. The maximum atomic E-state index is 2.41. The number of fused-ring (bicyclic) bond motifs is 1. The highest BCUT2D eigenvalue weighted by Crippen LogP contribution is 2.51. The summed E-state index contributed by atoms with van der Waals surface area (Å²) in [6, 6.07) is 0. The molecule has 0 aliphatic heterocycles. The summed E-state index contributed by atoms with van der Waals surface area (Å²) in [5.74, 6) is 4.07. The van der Waals surface area contributed by atoms with Crippen molar-refractivity contribution in [2.75, 3.05) is 0 Å². The van der Waals surface area contributed by atoms with E-state index in [0.717, 1.165) is 23.7 Å². The third-order valence-corrected chi connectivity index (χ3v) is 3.71. The van der Waals surface area contributed by atoms with Crippen molar-refractivity contribution in [2.45, 2.75) is 26.7 Å². The van der Waals surface area contributed by atoms with Gasteiger partial charge in [0.05, 0.1) is 0 Å². The Bertz CT molecular complexity index is 139. The second-order valence-electron chi connectivity index (χ2n) is 3.99. The second kappa shape index (κ2) is 2.11. The molecule has 0 radical (unpaired) electrons. The van der Waals surface area contributed by atoms with Crippen LogP contribution in [0.4, 0.5) is 0 Å². The lowest BCUT2D eigenvalue weighted by Gasteiger charge is -2.50. The fourth-order valence-electron chi connectivity index (χ4n) is 2.70. The summed E-state index contributed by atoms with van der Waals surface area (Å²) in [6.45, 7) is 4.82. The van der Waals surface area contributed by atoms with Crippen LogP contribution >= 0.6 is 0 Å². The highest BCUT2D eigenvalue weighted by molar-refractivity contribution is 5.04. The minimum atomic E-state index is 0.995. The standard InChI is InChI=1S/C10H16/c1-7-8(2)10-6-4-3-5-9(7)10/h3-4,7-10H,5-6H2,1-2H3/t7?,8?,9-,10-/m0/s1.